The fourth-order valence-electron chi connectivity index (χ4n) is 4.14. The Balaban J connectivity index is 1.33. The van der Waals surface area contributed by atoms with Gasteiger partial charge < -0.3 is 14.4 Å². The van der Waals surface area contributed by atoms with Crippen LogP contribution in [0.25, 0.3) is 22.8 Å². The molecule has 0 atom stereocenters. The van der Waals surface area contributed by atoms with Gasteiger partial charge in [0, 0.05) is 24.8 Å². The summed E-state index contributed by atoms with van der Waals surface area (Å²) < 4.78 is 7.21. The molecule has 9 nitrogen and oxygen atoms in total. The van der Waals surface area contributed by atoms with Gasteiger partial charge in [-0.05, 0) is 31.5 Å². The molecule has 0 fully saturated rings. The standard InChI is InChI=1S/C23H28N8O/c1-3-10-29-14-19-22(30(16-29)11-4-2)27-21(25-19)18-12-24-31(13-18)15-20-26-23(32-28-20)17-8-6-5-7-9-17/h5-9,12-13H,3-4,10-11,14-16H2,1-2H3,(H,25,27). The molecule has 3 aromatic heterocycles. The molecule has 4 aromatic rings. The molecule has 0 saturated carbocycles. The lowest BCUT2D eigenvalue weighted by molar-refractivity contribution is 0.248. The molecule has 1 aliphatic heterocycles. The van der Waals surface area contributed by atoms with Gasteiger partial charge in [-0.1, -0.05) is 37.2 Å². The Morgan fingerprint density at radius 1 is 1.03 bits per heavy atom. The summed E-state index contributed by atoms with van der Waals surface area (Å²) in [6.07, 6.45) is 6.04. The number of nitrogens with one attached hydrogen (secondary N) is 1. The van der Waals surface area contributed by atoms with Gasteiger partial charge in [0.15, 0.2) is 11.6 Å². The highest BCUT2D eigenvalue weighted by Gasteiger charge is 2.26. The molecular weight excluding hydrogens is 404 g/mol. The molecule has 1 aliphatic rings. The molecule has 0 unspecified atom stereocenters. The van der Waals surface area contributed by atoms with Crippen molar-refractivity contribution in [3.8, 4) is 22.8 Å². The molecule has 4 heterocycles. The topological polar surface area (TPSA) is 91.9 Å². The van der Waals surface area contributed by atoms with Crippen LogP contribution in [0.3, 0.4) is 0 Å². The van der Waals surface area contributed by atoms with Crippen LogP contribution >= 0.6 is 0 Å². The van der Waals surface area contributed by atoms with Gasteiger partial charge in [0.2, 0.25) is 0 Å². The lowest BCUT2D eigenvalue weighted by Gasteiger charge is -2.35. The van der Waals surface area contributed by atoms with Crippen molar-refractivity contribution < 1.29 is 4.52 Å². The van der Waals surface area contributed by atoms with E-state index >= 15 is 0 Å². The number of nitrogens with zero attached hydrogens (tertiary/aromatic N) is 7. The minimum absolute atomic E-state index is 0.434. The monoisotopic (exact) mass is 432 g/mol. The summed E-state index contributed by atoms with van der Waals surface area (Å²) in [4.78, 5) is 17.8. The molecule has 9 heteroatoms. The fraction of sp³-hybridized carbons (Fsp3) is 0.391. The largest absolute Gasteiger partial charge is 0.342 e. The molecule has 32 heavy (non-hydrogen) atoms. The summed E-state index contributed by atoms with van der Waals surface area (Å²) in [5.41, 5.74) is 3.03. The number of hydrogen-bond donors (Lipinski definition) is 1. The number of aromatic amines is 1. The minimum atomic E-state index is 0.434. The van der Waals surface area contributed by atoms with Gasteiger partial charge >= 0.3 is 0 Å². The Bertz CT molecular complexity index is 1160. The van der Waals surface area contributed by atoms with Crippen molar-refractivity contribution in [2.45, 2.75) is 39.8 Å². The van der Waals surface area contributed by atoms with Gasteiger partial charge in [-0.2, -0.15) is 10.1 Å². The molecule has 0 saturated heterocycles. The van der Waals surface area contributed by atoms with E-state index in [4.69, 9.17) is 9.51 Å². The van der Waals surface area contributed by atoms with Crippen LogP contribution in [0.1, 0.15) is 38.2 Å². The molecule has 0 bridgehead atoms. The van der Waals surface area contributed by atoms with Gasteiger partial charge in [-0.25, -0.2) is 4.98 Å². The third-order valence-corrected chi connectivity index (χ3v) is 5.54. The van der Waals surface area contributed by atoms with E-state index in [0.29, 0.717) is 18.3 Å². The quantitative estimate of drug-likeness (QED) is 0.453. The van der Waals surface area contributed by atoms with Crippen LogP contribution in [0.15, 0.2) is 47.2 Å². The molecule has 166 valence electrons. The normalized spacial score (nSPS) is 14.1. The molecule has 0 aliphatic carbocycles. The van der Waals surface area contributed by atoms with Gasteiger partial charge in [0.05, 0.1) is 24.1 Å². The zero-order valence-electron chi connectivity index (χ0n) is 18.5. The van der Waals surface area contributed by atoms with E-state index in [-0.39, 0.29) is 0 Å². The average molecular weight is 433 g/mol. The smallest absolute Gasteiger partial charge is 0.257 e. The first-order valence-corrected chi connectivity index (χ1v) is 11.2. The van der Waals surface area contributed by atoms with Crippen molar-refractivity contribution in [3.05, 3.63) is 54.2 Å². The second-order valence-electron chi connectivity index (χ2n) is 8.15. The van der Waals surface area contributed by atoms with E-state index in [1.807, 2.05) is 47.4 Å². The first-order valence-electron chi connectivity index (χ1n) is 11.2. The van der Waals surface area contributed by atoms with Gasteiger partial charge in [-0.15, -0.1) is 0 Å². The first kappa shape index (κ1) is 20.4. The molecule has 5 rings (SSSR count). The van der Waals surface area contributed by atoms with Crippen LogP contribution in [0.2, 0.25) is 0 Å². The SMILES string of the molecule is CCCN1Cc2[nH]c(-c3cnn(Cc4noc(-c5ccccc5)n4)c3)nc2N(CCC)C1. The second kappa shape index (κ2) is 8.96. The number of fused-ring (bicyclic) bond motifs is 1. The number of aromatic nitrogens is 6. The van der Waals surface area contributed by atoms with E-state index in [1.165, 1.54) is 5.69 Å². The molecular formula is C23H28N8O. The maximum Gasteiger partial charge on any atom is 0.257 e. The molecule has 1 aromatic carbocycles. The van der Waals surface area contributed by atoms with E-state index in [1.54, 1.807) is 0 Å². The Morgan fingerprint density at radius 2 is 1.88 bits per heavy atom. The summed E-state index contributed by atoms with van der Waals surface area (Å²) >= 11 is 0. The van der Waals surface area contributed by atoms with Crippen molar-refractivity contribution in [1.29, 1.82) is 0 Å². The zero-order chi connectivity index (χ0) is 21.9. The predicted octanol–water partition coefficient (Wildman–Crippen LogP) is 3.77. The highest BCUT2D eigenvalue weighted by Crippen LogP contribution is 2.29. The summed E-state index contributed by atoms with van der Waals surface area (Å²) in [6.45, 7) is 8.77. The van der Waals surface area contributed by atoms with E-state index in [9.17, 15) is 0 Å². The highest BCUT2D eigenvalue weighted by atomic mass is 16.5. The molecule has 0 radical (unpaired) electrons. The Labute approximate surface area is 187 Å². The second-order valence-corrected chi connectivity index (χ2v) is 8.15. The number of rotatable bonds is 8. The number of imidazole rings is 1. The van der Waals surface area contributed by atoms with Crippen molar-refractivity contribution in [2.24, 2.45) is 0 Å². The lowest BCUT2D eigenvalue weighted by atomic mass is 10.2. The van der Waals surface area contributed by atoms with E-state index < -0.39 is 0 Å². The maximum absolute atomic E-state index is 5.40. The van der Waals surface area contributed by atoms with Gasteiger partial charge in [-0.3, -0.25) is 9.58 Å². The predicted molar refractivity (Wildman–Crippen MR) is 122 cm³/mol. The van der Waals surface area contributed by atoms with Crippen molar-refractivity contribution in [3.63, 3.8) is 0 Å². The minimum Gasteiger partial charge on any atom is -0.342 e. The third kappa shape index (κ3) is 4.16. The fourth-order valence-corrected chi connectivity index (χ4v) is 4.14. The number of anilines is 1. The first-order chi connectivity index (χ1) is 15.7. The van der Waals surface area contributed by atoms with Crippen LogP contribution < -0.4 is 4.90 Å². The molecule has 1 N–H and O–H groups in total. The van der Waals surface area contributed by atoms with Crippen LogP contribution in [0.5, 0.6) is 0 Å². The summed E-state index contributed by atoms with van der Waals surface area (Å²) in [6, 6.07) is 9.76. The molecule has 0 amide bonds. The highest BCUT2D eigenvalue weighted by molar-refractivity contribution is 5.60. The number of hydrogen-bond acceptors (Lipinski definition) is 7. The maximum atomic E-state index is 5.40. The summed E-state index contributed by atoms with van der Waals surface area (Å²) in [5, 5.41) is 8.58. The van der Waals surface area contributed by atoms with Gasteiger partial charge in [0.1, 0.15) is 12.4 Å². The van der Waals surface area contributed by atoms with Crippen molar-refractivity contribution >= 4 is 5.82 Å². The van der Waals surface area contributed by atoms with Crippen molar-refractivity contribution in [2.75, 3.05) is 24.7 Å². The molecule has 0 spiro atoms. The lowest BCUT2D eigenvalue weighted by Crippen LogP contribution is -2.43. The number of benzene rings is 1. The summed E-state index contributed by atoms with van der Waals surface area (Å²) in [5.74, 6) is 3.01. The summed E-state index contributed by atoms with van der Waals surface area (Å²) in [7, 11) is 0. The van der Waals surface area contributed by atoms with Crippen LogP contribution in [0.4, 0.5) is 5.82 Å². The van der Waals surface area contributed by atoms with Crippen LogP contribution in [0, 0.1) is 0 Å². The zero-order valence-corrected chi connectivity index (χ0v) is 18.5. The van der Waals surface area contributed by atoms with E-state index in [0.717, 1.165) is 61.9 Å². The van der Waals surface area contributed by atoms with Crippen LogP contribution in [-0.2, 0) is 13.1 Å². The van der Waals surface area contributed by atoms with E-state index in [2.05, 4.69) is 43.9 Å². The Morgan fingerprint density at radius 3 is 2.69 bits per heavy atom. The third-order valence-electron chi connectivity index (χ3n) is 5.54. The number of H-pyrrole nitrogens is 1. The van der Waals surface area contributed by atoms with Crippen LogP contribution in [-0.4, -0.2) is 54.5 Å². The Hall–Kier alpha value is -3.46. The van der Waals surface area contributed by atoms with Gasteiger partial charge in [0.25, 0.3) is 5.89 Å². The van der Waals surface area contributed by atoms with Crippen molar-refractivity contribution in [1.82, 2.24) is 34.8 Å². The Kier molecular flexibility index (Phi) is 5.72. The average Bonchev–Trinajstić information content (AvgIpc) is 3.55.